The smallest absolute Gasteiger partial charge is 1.00 e. The van der Waals surface area contributed by atoms with Crippen molar-refractivity contribution in [2.75, 3.05) is 41.7 Å². The zero-order chi connectivity index (χ0) is 81.3. The van der Waals surface area contributed by atoms with E-state index in [1.54, 1.807) is 42.6 Å². The minimum Gasteiger partial charge on any atom is -1.00 e. The molecule has 16 aromatic rings. The Balaban J connectivity index is 0.000000140. The summed E-state index contributed by atoms with van der Waals surface area (Å²) in [6, 6.07) is 70.4. The summed E-state index contributed by atoms with van der Waals surface area (Å²) in [5, 5.41) is 55.9. The number of aliphatic hydroxyl groups is 2. The van der Waals surface area contributed by atoms with Crippen LogP contribution in [0.3, 0.4) is 0 Å². The molecule has 0 radical (unpaired) electrons. The number of nitrogens with one attached hydrogen (secondary N) is 4. The first-order valence-corrected chi connectivity index (χ1v) is 41.0. The summed E-state index contributed by atoms with van der Waals surface area (Å²) in [5.74, 6) is 0. The van der Waals surface area contributed by atoms with Gasteiger partial charge in [-0.05, 0) is 158 Å². The van der Waals surface area contributed by atoms with Crippen LogP contribution in [0.25, 0.3) is 89.2 Å². The van der Waals surface area contributed by atoms with E-state index in [-0.39, 0.29) is 49.6 Å². The van der Waals surface area contributed by atoms with Gasteiger partial charge in [0.2, 0.25) is 0 Å². The summed E-state index contributed by atoms with van der Waals surface area (Å²) in [4.78, 5) is 21.2. The van der Waals surface area contributed by atoms with Crippen molar-refractivity contribution in [3.05, 3.63) is 310 Å². The molecule has 8 aromatic carbocycles. The summed E-state index contributed by atoms with van der Waals surface area (Å²) in [7, 11) is 0. The number of aryl methyl sites for hydroxylation is 3. The fourth-order valence-electron chi connectivity index (χ4n) is 14.8. The van der Waals surface area contributed by atoms with Crippen molar-refractivity contribution in [2.45, 2.75) is 90.6 Å². The molecule has 592 valence electrons. The van der Waals surface area contributed by atoms with Gasteiger partial charge in [-0.25, -0.2) is 9.97 Å². The van der Waals surface area contributed by atoms with Crippen LogP contribution in [0.4, 0.5) is 17.1 Å². The number of benzene rings is 8. The van der Waals surface area contributed by atoms with Gasteiger partial charge < -0.3 is 32.9 Å². The molecule has 4 atom stereocenters. The van der Waals surface area contributed by atoms with Crippen molar-refractivity contribution in [1.82, 2.24) is 59.9 Å². The molecular weight excluding hydrogens is 1640 g/mol. The fourth-order valence-corrected chi connectivity index (χ4v) is 16.8. The number of hydrogen-bond donors (Lipinski definition) is 7. The molecular formula is C90H83Cl8N16NaO2. The summed E-state index contributed by atoms with van der Waals surface area (Å²) in [6.07, 6.45) is 7.23. The van der Waals surface area contributed by atoms with Crippen LogP contribution in [-0.2, 0) is 0 Å². The standard InChI is InChI=1S/C27H28Cl2N4.C21H18Cl2N4O.C20H14Cl2N4.C14H11Cl2N3.C8H11NO.Na.H/c1-3-8-20(9-4-2)32-17-24(18-10-6-5-7-11-18)33-27-23(32)14-15-30-26(27)25(31-33)21-13-12-19(28)16-22(21)29;1-12-9-17(24-11-18(28)13-5-3-2-4-6-13)20-21(25-12)19(26-27-20)15-8-7-14(22)10-16(15)23;21-13-6-7-14(15(22)10-13)18-19-20-16(8-9-23-19)24-11-17(26(20)25-18)12-4-2-1-3-5-12;1-7-5-8(2)17-14-12(7)18-19-13(14)10-4-3-9(15)6-11(10)16;9-6-8(10)7-4-2-1-3-5-7;;/h5-7,10-16,20,24H,3-4,8-9,17H2,1-2H3;2-10,18,28H,11H2,1H3,(H,24,25)(H,26,27);1-10,17,24H,11H2;3-6H,1-2H3,(H,18,19);1-5,8,10H,6,9H2;;/q;;;;;+1;-1. The summed E-state index contributed by atoms with van der Waals surface area (Å²) in [6.45, 7) is 12.7. The summed E-state index contributed by atoms with van der Waals surface area (Å²) < 4.78 is 4.22. The topological polar surface area (TPSA) is 238 Å². The van der Waals surface area contributed by atoms with E-state index in [4.69, 9.17) is 114 Å². The number of fused-ring (bicyclic) bond motifs is 2. The monoisotopic (exact) mass is 1720 g/mol. The Kier molecular flexibility index (Phi) is 28.7. The van der Waals surface area contributed by atoms with Gasteiger partial charge >= 0.3 is 29.6 Å². The molecule has 0 fully saturated rings. The second-order valence-electron chi connectivity index (χ2n) is 28.2. The Bertz CT molecular complexity index is 6120. The van der Waals surface area contributed by atoms with Gasteiger partial charge in [0.15, 0.2) is 0 Å². The van der Waals surface area contributed by atoms with Crippen LogP contribution in [-0.4, -0.2) is 102 Å². The first kappa shape index (κ1) is 85.7. The van der Waals surface area contributed by atoms with Gasteiger partial charge in [-0.2, -0.15) is 20.4 Å². The van der Waals surface area contributed by atoms with Crippen molar-refractivity contribution >= 4 is 154 Å². The second-order valence-corrected chi connectivity index (χ2v) is 31.6. The number of aromatic nitrogens is 12. The Labute approximate surface area is 741 Å². The molecule has 2 aliphatic rings. The van der Waals surface area contributed by atoms with Crippen LogP contribution in [0.5, 0.6) is 0 Å². The molecule has 0 amide bonds. The normalized spacial score (nSPS) is 13.8. The fraction of sp³-hybridized carbons (Fsp3) is 0.200. The van der Waals surface area contributed by atoms with Crippen LogP contribution in [0, 0.1) is 20.8 Å². The SMILES string of the molecule is CCCC(CCC)N1CC(c2ccccc2)n2nc(-c3ccc(Cl)cc3Cl)c3nccc1c32.Cc1cc(C)c2n[nH]c(-c3ccc(Cl)cc3Cl)c2n1.Cc1cc(NCC(O)c2ccccc2)c2[nH]nc(-c3ccc(Cl)cc3Cl)c2n1.Clc1ccc(-c2nn3c4c(ccnc24)NCC3c2ccccc2)c(Cl)c1.NCC(O)c1ccccc1.[H-].[Na+]. The molecule has 0 saturated carbocycles. The molecule has 0 spiro atoms. The van der Waals surface area contributed by atoms with Gasteiger partial charge in [0.05, 0.1) is 67.1 Å². The van der Waals surface area contributed by atoms with Crippen LogP contribution >= 0.6 is 92.8 Å². The number of aliphatic hydroxyl groups excluding tert-OH is 2. The molecule has 2 aliphatic heterocycles. The number of aromatic amines is 2. The third kappa shape index (κ3) is 19.3. The number of H-pyrrole nitrogens is 2. The van der Waals surface area contributed by atoms with E-state index in [2.05, 4.69) is 123 Å². The number of pyridine rings is 4. The average molecular weight is 1730 g/mol. The van der Waals surface area contributed by atoms with Crippen molar-refractivity contribution in [3.8, 4) is 45.0 Å². The van der Waals surface area contributed by atoms with Gasteiger partial charge in [0.25, 0.3) is 0 Å². The molecule has 27 heteroatoms. The van der Waals surface area contributed by atoms with Crippen molar-refractivity contribution in [3.63, 3.8) is 0 Å². The van der Waals surface area contributed by atoms with Gasteiger partial charge in [-0.3, -0.25) is 29.5 Å². The molecule has 8 N–H and O–H groups in total. The quantitative estimate of drug-likeness (QED) is 0.0420. The first-order chi connectivity index (χ1) is 56.3. The van der Waals surface area contributed by atoms with Gasteiger partial charge in [0.1, 0.15) is 61.2 Å². The number of rotatable bonds is 17. The molecule has 10 heterocycles. The third-order valence-corrected chi connectivity index (χ3v) is 22.5. The van der Waals surface area contributed by atoms with Crippen molar-refractivity contribution < 1.29 is 41.2 Å². The zero-order valence-corrected chi connectivity index (χ0v) is 72.9. The van der Waals surface area contributed by atoms with Gasteiger partial charge in [-0.1, -0.05) is 241 Å². The molecule has 0 bridgehead atoms. The first-order valence-electron chi connectivity index (χ1n) is 38.0. The van der Waals surface area contributed by atoms with E-state index in [1.807, 2.05) is 160 Å². The number of nitrogens with two attached hydrogens (primary N) is 1. The van der Waals surface area contributed by atoms with E-state index in [0.29, 0.717) is 64.0 Å². The predicted molar refractivity (Wildman–Crippen MR) is 479 cm³/mol. The Morgan fingerprint density at radius 3 is 1.50 bits per heavy atom. The number of halogens is 8. The Morgan fingerprint density at radius 1 is 0.496 bits per heavy atom. The molecule has 18 rings (SSSR count). The molecule has 8 aromatic heterocycles. The van der Waals surface area contributed by atoms with E-state index < -0.39 is 12.2 Å². The average Bonchev–Trinajstić information content (AvgIpc) is 1.57. The number of hydrogen-bond acceptors (Lipinski definition) is 14. The van der Waals surface area contributed by atoms with Crippen molar-refractivity contribution in [1.29, 1.82) is 0 Å². The van der Waals surface area contributed by atoms with Crippen molar-refractivity contribution in [2.24, 2.45) is 5.73 Å². The maximum atomic E-state index is 10.4. The van der Waals surface area contributed by atoms with E-state index in [9.17, 15) is 10.2 Å². The van der Waals surface area contributed by atoms with Gasteiger partial charge in [0, 0.05) is 98.3 Å². The van der Waals surface area contributed by atoms with Crippen LogP contribution < -0.4 is 50.8 Å². The maximum Gasteiger partial charge on any atom is 1.00 e. The minimum absolute atomic E-state index is 0. The van der Waals surface area contributed by atoms with E-state index in [0.717, 1.165) is 143 Å². The second kappa shape index (κ2) is 39.2. The third-order valence-electron chi connectivity index (χ3n) is 20.3. The number of nitrogens with zero attached hydrogens (tertiary/aromatic N) is 11. The van der Waals surface area contributed by atoms with Crippen LogP contribution in [0.1, 0.15) is 104 Å². The molecule has 18 nitrogen and oxygen atoms in total. The van der Waals surface area contributed by atoms with Crippen LogP contribution in [0.15, 0.2) is 231 Å². The molecule has 117 heavy (non-hydrogen) atoms. The van der Waals surface area contributed by atoms with E-state index >= 15 is 0 Å². The summed E-state index contributed by atoms with van der Waals surface area (Å²) in [5.41, 5.74) is 28.7. The molecule has 0 saturated heterocycles. The predicted octanol–water partition coefficient (Wildman–Crippen LogP) is 20.9. The zero-order valence-electron chi connectivity index (χ0n) is 65.9. The largest absolute Gasteiger partial charge is 1.00 e. The maximum absolute atomic E-state index is 10.4. The minimum atomic E-state index is -0.627. The molecule has 0 aliphatic carbocycles. The summed E-state index contributed by atoms with van der Waals surface area (Å²) >= 11 is 49.8. The van der Waals surface area contributed by atoms with Gasteiger partial charge in [-0.15, -0.1) is 0 Å². The number of anilines is 3. The Morgan fingerprint density at radius 2 is 0.966 bits per heavy atom. The van der Waals surface area contributed by atoms with E-state index in [1.165, 1.54) is 29.7 Å². The van der Waals surface area contributed by atoms with Crippen LogP contribution in [0.2, 0.25) is 40.2 Å². The Hall–Kier alpha value is -9.16. The molecule has 4 unspecified atom stereocenters.